The van der Waals surface area contributed by atoms with E-state index in [1.54, 1.807) is 17.0 Å². The molecule has 0 atom stereocenters. The number of carbonyl (C=O) groups excluding carboxylic acids is 1. The van der Waals surface area contributed by atoms with Crippen LogP contribution in [0.15, 0.2) is 72.8 Å². The Morgan fingerprint density at radius 1 is 0.967 bits per heavy atom. The summed E-state index contributed by atoms with van der Waals surface area (Å²) in [5, 5.41) is 0. The molecule has 1 amide bonds. The van der Waals surface area contributed by atoms with E-state index >= 15 is 0 Å². The molecule has 0 fully saturated rings. The van der Waals surface area contributed by atoms with Gasteiger partial charge < -0.3 is 9.30 Å². The zero-order valence-corrected chi connectivity index (χ0v) is 16.3. The summed E-state index contributed by atoms with van der Waals surface area (Å²) in [7, 11) is 0. The zero-order valence-electron chi connectivity index (χ0n) is 16.3. The van der Waals surface area contributed by atoms with Crippen LogP contribution in [0.4, 0.5) is 10.3 Å². The van der Waals surface area contributed by atoms with Gasteiger partial charge in [-0.05, 0) is 60.5 Å². The van der Waals surface area contributed by atoms with Gasteiger partial charge in [0, 0.05) is 19.5 Å². The number of anilines is 1. The Balaban J connectivity index is 1.26. The van der Waals surface area contributed by atoms with E-state index in [1.165, 1.54) is 12.1 Å². The number of benzene rings is 3. The number of hydrogen-bond acceptors (Lipinski definition) is 3. The first-order chi connectivity index (χ1) is 14.7. The van der Waals surface area contributed by atoms with Crippen molar-refractivity contribution in [2.75, 3.05) is 11.4 Å². The van der Waals surface area contributed by atoms with Gasteiger partial charge in [0.25, 0.3) is 0 Å². The van der Waals surface area contributed by atoms with Crippen LogP contribution in [0.2, 0.25) is 0 Å². The number of hydrogen-bond donors (Lipinski definition) is 0. The van der Waals surface area contributed by atoms with Gasteiger partial charge >= 0.3 is 0 Å². The lowest BCUT2D eigenvalue weighted by Crippen LogP contribution is -2.29. The van der Waals surface area contributed by atoms with Crippen molar-refractivity contribution in [3.8, 4) is 11.5 Å². The average Bonchev–Trinajstić information content (AvgIpc) is 3.33. The van der Waals surface area contributed by atoms with E-state index < -0.39 is 0 Å². The number of rotatable bonds is 5. The second-order valence-corrected chi connectivity index (χ2v) is 7.30. The molecule has 0 bridgehead atoms. The molecule has 0 saturated carbocycles. The first kappa shape index (κ1) is 18.4. The van der Waals surface area contributed by atoms with Gasteiger partial charge in [0.1, 0.15) is 17.3 Å². The van der Waals surface area contributed by atoms with Crippen molar-refractivity contribution in [3.63, 3.8) is 0 Å². The highest BCUT2D eigenvalue weighted by molar-refractivity contribution is 5.95. The third-order valence-electron chi connectivity index (χ3n) is 5.30. The molecular formula is C24H20FN3O2. The summed E-state index contributed by atoms with van der Waals surface area (Å²) in [6.45, 7) is 1.42. The number of ether oxygens (including phenoxy) is 1. The monoisotopic (exact) mass is 401 g/mol. The highest BCUT2D eigenvalue weighted by Gasteiger charge is 2.27. The summed E-state index contributed by atoms with van der Waals surface area (Å²) >= 11 is 0. The van der Waals surface area contributed by atoms with E-state index in [1.807, 2.05) is 48.5 Å². The average molecular weight is 401 g/mol. The van der Waals surface area contributed by atoms with Crippen LogP contribution in [-0.4, -0.2) is 22.0 Å². The molecule has 6 heteroatoms. The van der Waals surface area contributed by atoms with Gasteiger partial charge in [0.15, 0.2) is 0 Å². The van der Waals surface area contributed by atoms with Crippen molar-refractivity contribution in [2.45, 2.75) is 19.4 Å². The highest BCUT2D eigenvalue weighted by Crippen LogP contribution is 2.28. The standard InChI is InChI=1S/C24H20FN3O2/c25-18-9-11-19(12-10-18)30-20-5-3-4-17(16-20)8-13-23(29)28-15-14-27-22-7-2-1-6-21(22)26-24(27)28/h1-7,9-12,16H,8,13-15H2. The fourth-order valence-corrected chi connectivity index (χ4v) is 3.81. The Kier molecular flexibility index (Phi) is 4.67. The summed E-state index contributed by atoms with van der Waals surface area (Å²) < 4.78 is 20.9. The van der Waals surface area contributed by atoms with E-state index in [9.17, 15) is 9.18 Å². The molecule has 1 aromatic heterocycles. The summed E-state index contributed by atoms with van der Waals surface area (Å²) in [6, 6.07) is 21.5. The minimum atomic E-state index is -0.301. The number of para-hydroxylation sites is 2. The van der Waals surface area contributed by atoms with Crippen molar-refractivity contribution < 1.29 is 13.9 Å². The Bertz CT molecular complexity index is 1220. The number of amides is 1. The van der Waals surface area contributed by atoms with Crippen LogP contribution in [0.25, 0.3) is 11.0 Å². The largest absolute Gasteiger partial charge is 0.457 e. The van der Waals surface area contributed by atoms with Crippen molar-refractivity contribution in [3.05, 3.63) is 84.2 Å². The molecule has 1 aliphatic heterocycles. The predicted molar refractivity (Wildman–Crippen MR) is 113 cm³/mol. The number of nitrogens with zero attached hydrogens (tertiary/aromatic N) is 3. The molecule has 0 unspecified atom stereocenters. The number of imidazole rings is 1. The Morgan fingerprint density at radius 3 is 2.67 bits per heavy atom. The van der Waals surface area contributed by atoms with Crippen LogP contribution in [-0.2, 0) is 17.8 Å². The lowest BCUT2D eigenvalue weighted by Gasteiger charge is -2.14. The maximum absolute atomic E-state index is 13.0. The molecule has 4 aromatic rings. The molecule has 150 valence electrons. The number of aromatic nitrogens is 2. The molecule has 30 heavy (non-hydrogen) atoms. The summed E-state index contributed by atoms with van der Waals surface area (Å²) in [6.07, 6.45) is 0.999. The molecule has 0 saturated heterocycles. The van der Waals surface area contributed by atoms with Gasteiger partial charge in [-0.2, -0.15) is 0 Å². The number of fused-ring (bicyclic) bond motifs is 3. The minimum Gasteiger partial charge on any atom is -0.457 e. The summed E-state index contributed by atoms with van der Waals surface area (Å²) in [4.78, 5) is 19.3. The smallest absolute Gasteiger partial charge is 0.229 e. The minimum absolute atomic E-state index is 0.0638. The van der Waals surface area contributed by atoms with Crippen LogP contribution >= 0.6 is 0 Å². The predicted octanol–water partition coefficient (Wildman–Crippen LogP) is 4.95. The molecule has 0 N–H and O–H groups in total. The topological polar surface area (TPSA) is 47.4 Å². The van der Waals surface area contributed by atoms with Gasteiger partial charge in [-0.3, -0.25) is 9.69 Å². The Morgan fingerprint density at radius 2 is 1.80 bits per heavy atom. The molecule has 0 aliphatic carbocycles. The van der Waals surface area contributed by atoms with Crippen molar-refractivity contribution >= 4 is 22.9 Å². The maximum atomic E-state index is 13.0. The van der Waals surface area contributed by atoms with Crippen molar-refractivity contribution in [1.29, 1.82) is 0 Å². The molecule has 5 rings (SSSR count). The Labute approximate surface area is 173 Å². The maximum Gasteiger partial charge on any atom is 0.229 e. The third kappa shape index (κ3) is 3.52. The fourth-order valence-electron chi connectivity index (χ4n) is 3.81. The third-order valence-corrected chi connectivity index (χ3v) is 5.30. The second kappa shape index (κ2) is 7.63. The molecular weight excluding hydrogens is 381 g/mol. The van der Waals surface area contributed by atoms with E-state index in [2.05, 4.69) is 9.55 Å². The SMILES string of the molecule is O=C(CCc1cccc(Oc2ccc(F)cc2)c1)N1CCn2c1nc1ccccc12. The van der Waals surface area contributed by atoms with Crippen LogP contribution in [0, 0.1) is 5.82 Å². The van der Waals surface area contributed by atoms with Gasteiger partial charge in [0.05, 0.1) is 11.0 Å². The fraction of sp³-hybridized carbons (Fsp3) is 0.167. The zero-order chi connectivity index (χ0) is 20.5. The van der Waals surface area contributed by atoms with E-state index in [4.69, 9.17) is 4.74 Å². The molecule has 2 heterocycles. The number of carbonyl (C=O) groups is 1. The molecule has 0 radical (unpaired) electrons. The van der Waals surface area contributed by atoms with Crippen LogP contribution in [0.1, 0.15) is 12.0 Å². The van der Waals surface area contributed by atoms with E-state index in [0.717, 1.165) is 29.1 Å². The lowest BCUT2D eigenvalue weighted by molar-refractivity contribution is -0.118. The van der Waals surface area contributed by atoms with E-state index in [-0.39, 0.29) is 11.7 Å². The highest BCUT2D eigenvalue weighted by atomic mass is 19.1. The molecule has 3 aromatic carbocycles. The molecule has 5 nitrogen and oxygen atoms in total. The first-order valence-electron chi connectivity index (χ1n) is 9.95. The quantitative estimate of drug-likeness (QED) is 0.476. The second-order valence-electron chi connectivity index (χ2n) is 7.30. The normalized spacial score (nSPS) is 12.9. The van der Waals surface area contributed by atoms with E-state index in [0.29, 0.717) is 30.9 Å². The summed E-state index contributed by atoms with van der Waals surface area (Å²) in [5.74, 6) is 1.73. The molecule has 0 spiro atoms. The van der Waals surface area contributed by atoms with Crippen LogP contribution in [0.3, 0.4) is 0 Å². The van der Waals surface area contributed by atoms with Gasteiger partial charge in [-0.1, -0.05) is 24.3 Å². The van der Waals surface area contributed by atoms with Crippen molar-refractivity contribution in [2.24, 2.45) is 0 Å². The van der Waals surface area contributed by atoms with Gasteiger partial charge in [-0.25, -0.2) is 9.37 Å². The van der Waals surface area contributed by atoms with Crippen LogP contribution < -0.4 is 9.64 Å². The van der Waals surface area contributed by atoms with Gasteiger partial charge in [-0.15, -0.1) is 0 Å². The van der Waals surface area contributed by atoms with Gasteiger partial charge in [0.2, 0.25) is 11.9 Å². The summed E-state index contributed by atoms with van der Waals surface area (Å²) in [5.41, 5.74) is 2.99. The van der Waals surface area contributed by atoms with Crippen LogP contribution in [0.5, 0.6) is 11.5 Å². The van der Waals surface area contributed by atoms with Crippen molar-refractivity contribution in [1.82, 2.24) is 9.55 Å². The molecule has 1 aliphatic rings. The number of aryl methyl sites for hydroxylation is 1. The lowest BCUT2D eigenvalue weighted by atomic mass is 10.1. The Hall–Kier alpha value is -3.67. The first-order valence-corrected chi connectivity index (χ1v) is 9.95. The number of halogens is 1.